The van der Waals surface area contributed by atoms with Crippen molar-refractivity contribution in [3.63, 3.8) is 0 Å². The van der Waals surface area contributed by atoms with Crippen molar-refractivity contribution < 1.29 is 32.9 Å². The van der Waals surface area contributed by atoms with Gasteiger partial charge in [0, 0.05) is 6.42 Å². The molecule has 0 aromatic heterocycles. The Morgan fingerprint density at radius 3 is 0.989 bits per heavy atom. The molecule has 0 aromatic carbocycles. The normalized spacial score (nSPS) is 13.9. The van der Waals surface area contributed by atoms with E-state index in [2.05, 4.69) is 79.9 Å². The van der Waals surface area contributed by atoms with Crippen LogP contribution in [0.15, 0.2) is 72.9 Å². The minimum absolute atomic E-state index is 0.000311. The molecule has 0 saturated carbocycles. The molecule has 0 radical (unpaired) electrons. The van der Waals surface area contributed by atoms with Gasteiger partial charge in [0.05, 0.1) is 39.9 Å². The van der Waals surface area contributed by atoms with Crippen LogP contribution >= 0.6 is 7.82 Å². The van der Waals surface area contributed by atoms with Gasteiger partial charge in [0.1, 0.15) is 13.2 Å². The highest BCUT2D eigenvalue weighted by atomic mass is 31.2. The summed E-state index contributed by atoms with van der Waals surface area (Å²) >= 11 is 0. The molecule has 0 bridgehead atoms. The fraction of sp³-hybridized carbons (Fsp3) is 0.840. The molecule has 0 saturated heterocycles. The first-order chi connectivity index (χ1) is 44.0. The van der Waals surface area contributed by atoms with Gasteiger partial charge in [-0.25, -0.2) is 0 Å². The van der Waals surface area contributed by atoms with Gasteiger partial charge in [-0.3, -0.25) is 9.36 Å². The van der Waals surface area contributed by atoms with Crippen LogP contribution in [0.1, 0.15) is 386 Å². The standard InChI is InChI=1S/C81H153N2O6P/c1-6-8-10-12-14-16-18-20-22-24-26-28-30-32-34-36-38-39-40-41-42-43-45-47-49-51-53-55-57-59-61-63-65-67-69-71-73-75-81(85)82-79(78-89-90(86,87)88-77-76-83(3,4)5)80(84)74-72-70-68-66-64-62-60-58-56-54-52-50-48-46-44-37-35-33-31-29-27-25-23-21-19-17-15-13-11-9-7-2/h8,10,14,16,20,22,26,28,32,34,72,74,79-80,84H,6-7,9,11-13,15,17-19,21,23-25,27,29-31,33,35-71,73,75-78H2,1-5H3,(H-,82,85,86,87)/b10-8-,16-14-,22-20-,28-26-,34-32-,74-72+. The van der Waals surface area contributed by atoms with E-state index in [0.717, 1.165) is 70.6 Å². The second-order valence-corrected chi connectivity index (χ2v) is 29.5. The molecule has 0 aliphatic carbocycles. The maximum Gasteiger partial charge on any atom is 0.268 e. The van der Waals surface area contributed by atoms with Crippen LogP contribution in [0.3, 0.4) is 0 Å². The fourth-order valence-electron chi connectivity index (χ4n) is 11.9. The van der Waals surface area contributed by atoms with E-state index in [1.807, 2.05) is 27.2 Å². The average molecular weight is 1280 g/mol. The van der Waals surface area contributed by atoms with Crippen molar-refractivity contribution in [2.75, 3.05) is 40.9 Å². The van der Waals surface area contributed by atoms with Crippen LogP contribution in [0.25, 0.3) is 0 Å². The quantitative estimate of drug-likeness (QED) is 0.0272. The molecule has 0 aromatic rings. The predicted molar refractivity (Wildman–Crippen MR) is 394 cm³/mol. The van der Waals surface area contributed by atoms with Crippen LogP contribution in [0.4, 0.5) is 0 Å². The van der Waals surface area contributed by atoms with Gasteiger partial charge in [-0.15, -0.1) is 0 Å². The van der Waals surface area contributed by atoms with Gasteiger partial charge < -0.3 is 28.8 Å². The van der Waals surface area contributed by atoms with Crippen molar-refractivity contribution in [1.29, 1.82) is 0 Å². The summed E-state index contributed by atoms with van der Waals surface area (Å²) in [7, 11) is 1.28. The summed E-state index contributed by atoms with van der Waals surface area (Å²) in [5.74, 6) is -0.191. The summed E-state index contributed by atoms with van der Waals surface area (Å²) in [6.45, 7) is 4.59. The Kier molecular flexibility index (Phi) is 69.6. The molecule has 1 amide bonds. The second kappa shape index (κ2) is 71.2. The molecule has 3 unspecified atom stereocenters. The van der Waals surface area contributed by atoms with E-state index in [9.17, 15) is 19.4 Å². The first kappa shape index (κ1) is 87.9. The third-order valence-corrected chi connectivity index (χ3v) is 18.9. The zero-order chi connectivity index (χ0) is 65.5. The summed E-state index contributed by atoms with van der Waals surface area (Å²) in [5, 5.41) is 14.0. The highest BCUT2D eigenvalue weighted by Crippen LogP contribution is 2.38. The number of amides is 1. The van der Waals surface area contributed by atoms with Crippen LogP contribution in [0.5, 0.6) is 0 Å². The van der Waals surface area contributed by atoms with Crippen LogP contribution in [-0.4, -0.2) is 68.5 Å². The number of unbranched alkanes of at least 4 members (excludes halogenated alkanes) is 50. The molecule has 0 heterocycles. The van der Waals surface area contributed by atoms with E-state index in [0.29, 0.717) is 17.4 Å². The molecular formula is C81H153N2O6P. The number of aliphatic hydroxyl groups is 1. The number of rotatable bonds is 73. The minimum Gasteiger partial charge on any atom is -0.756 e. The number of hydrogen-bond donors (Lipinski definition) is 2. The number of carbonyl (C=O) groups excluding carboxylic acids is 1. The number of hydrogen-bond acceptors (Lipinski definition) is 6. The van der Waals surface area contributed by atoms with E-state index in [4.69, 9.17) is 9.05 Å². The lowest BCUT2D eigenvalue weighted by Gasteiger charge is -2.29. The number of phosphoric ester groups is 1. The molecule has 0 rings (SSSR count). The largest absolute Gasteiger partial charge is 0.756 e. The Hall–Kier alpha value is -2.06. The van der Waals surface area contributed by atoms with E-state index in [1.165, 1.54) is 295 Å². The molecule has 9 heteroatoms. The summed E-state index contributed by atoms with van der Waals surface area (Å²) in [6, 6.07) is -0.889. The Morgan fingerprint density at radius 2 is 0.678 bits per heavy atom. The van der Waals surface area contributed by atoms with Crippen molar-refractivity contribution in [3.8, 4) is 0 Å². The average Bonchev–Trinajstić information content (AvgIpc) is 3.18. The monoisotopic (exact) mass is 1280 g/mol. The Labute approximate surface area is 561 Å². The Bertz CT molecular complexity index is 1700. The van der Waals surface area contributed by atoms with Crippen molar-refractivity contribution in [3.05, 3.63) is 72.9 Å². The topological polar surface area (TPSA) is 108 Å². The van der Waals surface area contributed by atoms with E-state index in [1.54, 1.807) is 6.08 Å². The molecule has 0 aliphatic heterocycles. The smallest absolute Gasteiger partial charge is 0.268 e. The van der Waals surface area contributed by atoms with E-state index in [-0.39, 0.29) is 19.1 Å². The van der Waals surface area contributed by atoms with Crippen LogP contribution in [0, 0.1) is 0 Å². The second-order valence-electron chi connectivity index (χ2n) is 28.0. The first-order valence-corrected chi connectivity index (χ1v) is 40.8. The molecule has 90 heavy (non-hydrogen) atoms. The number of aliphatic hydroxyl groups excluding tert-OH is 1. The third-order valence-electron chi connectivity index (χ3n) is 17.9. The summed E-state index contributed by atoms with van der Waals surface area (Å²) in [4.78, 5) is 25.7. The third kappa shape index (κ3) is 73.4. The van der Waals surface area contributed by atoms with Crippen LogP contribution in [0.2, 0.25) is 0 Å². The van der Waals surface area contributed by atoms with Crippen molar-refractivity contribution >= 4 is 13.7 Å². The lowest BCUT2D eigenvalue weighted by atomic mass is 10.0. The Balaban J connectivity index is 3.97. The van der Waals surface area contributed by atoms with Crippen molar-refractivity contribution in [2.24, 2.45) is 0 Å². The fourth-order valence-corrected chi connectivity index (χ4v) is 12.6. The van der Waals surface area contributed by atoms with Gasteiger partial charge in [0.15, 0.2) is 0 Å². The van der Waals surface area contributed by atoms with Gasteiger partial charge in [0.2, 0.25) is 5.91 Å². The van der Waals surface area contributed by atoms with Crippen molar-refractivity contribution in [2.45, 2.75) is 398 Å². The number of nitrogens with one attached hydrogen (secondary N) is 1. The van der Waals surface area contributed by atoms with Gasteiger partial charge in [-0.1, -0.05) is 389 Å². The number of phosphoric acid groups is 1. The van der Waals surface area contributed by atoms with E-state index < -0.39 is 20.0 Å². The van der Waals surface area contributed by atoms with Crippen LogP contribution in [-0.2, 0) is 18.4 Å². The molecule has 0 fully saturated rings. The summed E-state index contributed by atoms with van der Waals surface area (Å²) in [6.07, 6.45) is 101. The predicted octanol–water partition coefficient (Wildman–Crippen LogP) is 25.0. The number of likely N-dealkylation sites (N-methyl/N-ethyl adjacent to an activating group) is 1. The highest BCUT2D eigenvalue weighted by Gasteiger charge is 2.23. The van der Waals surface area contributed by atoms with Gasteiger partial charge in [-0.2, -0.15) is 0 Å². The lowest BCUT2D eigenvalue weighted by Crippen LogP contribution is -2.45. The number of quaternary nitrogens is 1. The van der Waals surface area contributed by atoms with Gasteiger partial charge in [0.25, 0.3) is 7.82 Å². The van der Waals surface area contributed by atoms with E-state index >= 15 is 0 Å². The molecule has 2 N–H and O–H groups in total. The summed E-state index contributed by atoms with van der Waals surface area (Å²) in [5.41, 5.74) is 0. The molecule has 8 nitrogen and oxygen atoms in total. The van der Waals surface area contributed by atoms with Gasteiger partial charge in [-0.05, 0) is 64.2 Å². The zero-order valence-electron chi connectivity index (χ0n) is 60.6. The highest BCUT2D eigenvalue weighted by molar-refractivity contribution is 7.45. The molecular weight excluding hydrogens is 1130 g/mol. The molecule has 0 spiro atoms. The maximum absolute atomic E-state index is 13.1. The molecule has 0 aliphatic rings. The molecule has 528 valence electrons. The molecule has 3 atom stereocenters. The number of carbonyl (C=O) groups is 1. The minimum atomic E-state index is -4.61. The lowest BCUT2D eigenvalue weighted by molar-refractivity contribution is -0.870. The summed E-state index contributed by atoms with van der Waals surface area (Å²) < 4.78 is 23.5. The zero-order valence-corrected chi connectivity index (χ0v) is 61.5. The first-order valence-electron chi connectivity index (χ1n) is 39.3. The number of nitrogens with zero attached hydrogens (tertiary/aromatic N) is 1. The maximum atomic E-state index is 13.1. The SMILES string of the molecule is CC/C=C\C/C=C\C/C=C\C/C=C\C/C=C\CCCCCCCCCCCCCCCCCCCCCCCC(=O)NC(COP(=O)([O-])OCC[N+](C)(C)C)C(O)/C=C/CCCCCCCCCCCCCCCCCCCCCCCCCCCCCCC. The van der Waals surface area contributed by atoms with Crippen molar-refractivity contribution in [1.82, 2.24) is 5.32 Å². The van der Waals surface area contributed by atoms with Gasteiger partial charge >= 0.3 is 0 Å². The Morgan fingerprint density at radius 1 is 0.400 bits per heavy atom. The van der Waals surface area contributed by atoms with Crippen LogP contribution < -0.4 is 10.2 Å². The number of allylic oxidation sites excluding steroid dienone is 11.